The van der Waals surface area contributed by atoms with Gasteiger partial charge in [-0.1, -0.05) is 0 Å². The molecular formula is C22H41IN4O2. The van der Waals surface area contributed by atoms with Crippen LogP contribution in [0.15, 0.2) is 4.99 Å². The fourth-order valence-corrected chi connectivity index (χ4v) is 4.47. The molecule has 0 spiro atoms. The molecule has 1 heterocycles. The molecule has 29 heavy (non-hydrogen) atoms. The van der Waals surface area contributed by atoms with Crippen molar-refractivity contribution in [1.29, 1.82) is 0 Å². The molecule has 1 amide bonds. The van der Waals surface area contributed by atoms with Crippen LogP contribution in [0.2, 0.25) is 0 Å². The van der Waals surface area contributed by atoms with E-state index in [4.69, 9.17) is 4.74 Å². The van der Waals surface area contributed by atoms with E-state index in [2.05, 4.69) is 15.2 Å². The first-order valence-electron chi connectivity index (χ1n) is 11.2. The van der Waals surface area contributed by atoms with Gasteiger partial charge in [0.15, 0.2) is 5.96 Å². The molecule has 168 valence electrons. The number of carbonyl (C=O) groups excluding carboxylic acids is 1. The molecule has 3 fully saturated rings. The Hall–Kier alpha value is -0.730. The van der Waals surface area contributed by atoms with Gasteiger partial charge in [-0.3, -0.25) is 4.99 Å². The van der Waals surface area contributed by atoms with Gasteiger partial charge < -0.3 is 19.9 Å². The topological polar surface area (TPSA) is 57.2 Å². The van der Waals surface area contributed by atoms with Gasteiger partial charge in [0, 0.05) is 39.8 Å². The van der Waals surface area contributed by atoms with Crippen LogP contribution in [0.3, 0.4) is 0 Å². The van der Waals surface area contributed by atoms with E-state index in [0.29, 0.717) is 17.9 Å². The van der Waals surface area contributed by atoms with Gasteiger partial charge in [-0.05, 0) is 83.5 Å². The summed E-state index contributed by atoms with van der Waals surface area (Å²) in [5.74, 6) is 2.56. The van der Waals surface area contributed by atoms with E-state index in [0.717, 1.165) is 50.9 Å². The van der Waals surface area contributed by atoms with Crippen LogP contribution in [0.4, 0.5) is 4.79 Å². The summed E-state index contributed by atoms with van der Waals surface area (Å²) >= 11 is 0. The van der Waals surface area contributed by atoms with Crippen LogP contribution in [0.5, 0.6) is 0 Å². The van der Waals surface area contributed by atoms with Crippen molar-refractivity contribution in [3.05, 3.63) is 0 Å². The summed E-state index contributed by atoms with van der Waals surface area (Å²) < 4.78 is 5.55. The Kier molecular flexibility index (Phi) is 8.51. The average molecular weight is 521 g/mol. The third kappa shape index (κ3) is 6.89. The number of rotatable bonds is 6. The maximum atomic E-state index is 12.4. The van der Waals surface area contributed by atoms with Crippen molar-refractivity contribution in [1.82, 2.24) is 15.1 Å². The zero-order valence-electron chi connectivity index (χ0n) is 19.0. The van der Waals surface area contributed by atoms with Gasteiger partial charge in [0.05, 0.1) is 0 Å². The standard InChI is InChI=1S/C22H40N4O2.HI/c1-6-25(20(27)28-21(2,3)4)15-17-9-13-26(14-10-17)19(23-5)24-16-22(11-12-22)18-7-8-18;/h17-18H,6-16H2,1-5H3,(H,23,24);1H. The Bertz CT molecular complexity index is 574. The van der Waals surface area contributed by atoms with Crippen molar-refractivity contribution in [2.24, 2.45) is 22.2 Å². The van der Waals surface area contributed by atoms with E-state index in [1.807, 2.05) is 39.6 Å². The van der Waals surface area contributed by atoms with Crippen LogP contribution >= 0.6 is 24.0 Å². The summed E-state index contributed by atoms with van der Waals surface area (Å²) in [6.45, 7) is 12.4. The normalized spacial score (nSPS) is 22.0. The molecule has 1 aliphatic heterocycles. The zero-order valence-corrected chi connectivity index (χ0v) is 21.3. The number of carbonyl (C=O) groups is 1. The van der Waals surface area contributed by atoms with Crippen molar-refractivity contribution < 1.29 is 9.53 Å². The number of halogens is 1. The molecule has 0 aromatic heterocycles. The van der Waals surface area contributed by atoms with E-state index in [-0.39, 0.29) is 30.1 Å². The van der Waals surface area contributed by atoms with Crippen LogP contribution in [0.25, 0.3) is 0 Å². The monoisotopic (exact) mass is 520 g/mol. The largest absolute Gasteiger partial charge is 0.444 e. The molecule has 0 aromatic carbocycles. The van der Waals surface area contributed by atoms with Crippen LogP contribution in [-0.2, 0) is 4.74 Å². The number of nitrogens with one attached hydrogen (secondary N) is 1. The molecule has 0 bridgehead atoms. The molecule has 1 saturated heterocycles. The number of nitrogens with zero attached hydrogens (tertiary/aromatic N) is 3. The third-order valence-electron chi connectivity index (χ3n) is 6.57. The highest BCUT2D eigenvalue weighted by molar-refractivity contribution is 14.0. The predicted octanol–water partition coefficient (Wildman–Crippen LogP) is 4.34. The summed E-state index contributed by atoms with van der Waals surface area (Å²) in [5, 5.41) is 3.67. The number of amides is 1. The summed E-state index contributed by atoms with van der Waals surface area (Å²) in [7, 11) is 1.90. The molecule has 1 N–H and O–H groups in total. The first-order valence-corrected chi connectivity index (χ1v) is 11.2. The maximum absolute atomic E-state index is 12.4. The molecule has 3 rings (SSSR count). The van der Waals surface area contributed by atoms with Crippen LogP contribution < -0.4 is 5.32 Å². The quantitative estimate of drug-likeness (QED) is 0.322. The van der Waals surface area contributed by atoms with Gasteiger partial charge >= 0.3 is 6.09 Å². The summed E-state index contributed by atoms with van der Waals surface area (Å²) in [6.07, 6.45) is 7.63. The molecular weight excluding hydrogens is 479 g/mol. The van der Waals surface area contributed by atoms with Gasteiger partial charge in [-0.2, -0.15) is 0 Å². The van der Waals surface area contributed by atoms with E-state index in [1.165, 1.54) is 25.7 Å². The molecule has 2 aliphatic carbocycles. The Morgan fingerprint density at radius 3 is 2.28 bits per heavy atom. The van der Waals surface area contributed by atoms with E-state index in [9.17, 15) is 4.79 Å². The predicted molar refractivity (Wildman–Crippen MR) is 129 cm³/mol. The molecule has 7 heteroatoms. The third-order valence-corrected chi connectivity index (χ3v) is 6.57. The molecule has 2 saturated carbocycles. The Morgan fingerprint density at radius 1 is 1.21 bits per heavy atom. The Balaban J connectivity index is 0.00000300. The highest BCUT2D eigenvalue weighted by atomic mass is 127. The van der Waals surface area contributed by atoms with E-state index < -0.39 is 5.60 Å². The Morgan fingerprint density at radius 2 is 1.83 bits per heavy atom. The summed E-state index contributed by atoms with van der Waals surface area (Å²) in [4.78, 5) is 21.2. The van der Waals surface area contributed by atoms with Gasteiger partial charge in [-0.25, -0.2) is 4.79 Å². The van der Waals surface area contributed by atoms with Gasteiger partial charge in [0.25, 0.3) is 0 Å². The molecule has 0 radical (unpaired) electrons. The maximum Gasteiger partial charge on any atom is 0.410 e. The van der Waals surface area contributed by atoms with Crippen molar-refractivity contribution in [3.8, 4) is 0 Å². The second kappa shape index (κ2) is 10.1. The second-order valence-electron chi connectivity index (χ2n) is 9.99. The molecule has 3 aliphatic rings. The highest BCUT2D eigenvalue weighted by Crippen LogP contribution is 2.60. The first kappa shape index (κ1) is 24.5. The lowest BCUT2D eigenvalue weighted by Gasteiger charge is -2.37. The first-order chi connectivity index (χ1) is 13.3. The number of ether oxygens (including phenoxy) is 1. The minimum absolute atomic E-state index is 0. The summed E-state index contributed by atoms with van der Waals surface area (Å²) in [5.41, 5.74) is 0.148. The average Bonchev–Trinajstić information content (AvgIpc) is 3.53. The van der Waals surface area contributed by atoms with Crippen LogP contribution in [0.1, 0.15) is 66.2 Å². The lowest BCUT2D eigenvalue weighted by Crippen LogP contribution is -2.49. The van der Waals surface area contributed by atoms with Crippen molar-refractivity contribution in [2.75, 3.05) is 39.8 Å². The van der Waals surface area contributed by atoms with Gasteiger partial charge in [-0.15, -0.1) is 24.0 Å². The number of hydrogen-bond acceptors (Lipinski definition) is 3. The minimum Gasteiger partial charge on any atom is -0.444 e. The van der Waals surface area contributed by atoms with Gasteiger partial charge in [0.1, 0.15) is 5.60 Å². The SMILES string of the molecule is CCN(CC1CCN(C(=NC)NCC2(C3CC3)CC2)CC1)C(=O)OC(C)(C)C.I. The molecule has 6 nitrogen and oxygen atoms in total. The number of likely N-dealkylation sites (tertiary alicyclic amines) is 1. The lowest BCUT2D eigenvalue weighted by molar-refractivity contribution is 0.0214. The molecule has 0 aromatic rings. The number of piperidine rings is 1. The Labute approximate surface area is 194 Å². The van der Waals surface area contributed by atoms with E-state index in [1.54, 1.807) is 0 Å². The van der Waals surface area contributed by atoms with Crippen LogP contribution in [-0.4, -0.2) is 67.2 Å². The molecule has 0 unspecified atom stereocenters. The fourth-order valence-electron chi connectivity index (χ4n) is 4.47. The van der Waals surface area contributed by atoms with Gasteiger partial charge in [0.2, 0.25) is 0 Å². The zero-order chi connectivity index (χ0) is 20.4. The smallest absolute Gasteiger partial charge is 0.410 e. The minimum atomic E-state index is -0.439. The van der Waals surface area contributed by atoms with Crippen LogP contribution in [0, 0.1) is 17.3 Å². The number of aliphatic imine (C=N–C) groups is 1. The summed E-state index contributed by atoms with van der Waals surface area (Å²) in [6, 6.07) is 0. The molecule has 0 atom stereocenters. The second-order valence-corrected chi connectivity index (χ2v) is 9.99. The van der Waals surface area contributed by atoms with Crippen molar-refractivity contribution in [2.45, 2.75) is 71.8 Å². The number of guanidine groups is 1. The van der Waals surface area contributed by atoms with Crippen molar-refractivity contribution in [3.63, 3.8) is 0 Å². The lowest BCUT2D eigenvalue weighted by atomic mass is 9.96. The number of hydrogen-bond donors (Lipinski definition) is 1. The fraction of sp³-hybridized carbons (Fsp3) is 0.909. The van der Waals surface area contributed by atoms with E-state index >= 15 is 0 Å². The van der Waals surface area contributed by atoms with Crippen molar-refractivity contribution >= 4 is 36.0 Å². The highest BCUT2D eigenvalue weighted by Gasteiger charge is 2.53.